The van der Waals surface area contributed by atoms with Gasteiger partial charge >= 0.3 is 0 Å². The van der Waals surface area contributed by atoms with E-state index in [1.54, 1.807) is 11.8 Å². The molecule has 0 spiro atoms. The number of nitrogens with zero attached hydrogens (tertiary/aromatic N) is 2. The van der Waals surface area contributed by atoms with Gasteiger partial charge in [0.25, 0.3) is 0 Å². The van der Waals surface area contributed by atoms with Crippen molar-refractivity contribution in [3.8, 4) is 0 Å². The number of halogens is 1. The van der Waals surface area contributed by atoms with Crippen molar-refractivity contribution in [2.24, 2.45) is 0 Å². The number of alkyl halides is 1. The summed E-state index contributed by atoms with van der Waals surface area (Å²) in [4.78, 5) is 4.22. The molecule has 0 fully saturated rings. The zero-order chi connectivity index (χ0) is 10.1. The Balaban J connectivity index is 2.91. The van der Waals surface area contributed by atoms with Crippen LogP contribution in [0.4, 0.5) is 0 Å². The minimum absolute atomic E-state index is 0.118. The summed E-state index contributed by atoms with van der Waals surface area (Å²) < 4.78 is 4.89. The first-order valence-corrected chi connectivity index (χ1v) is 5.67. The maximum Gasteiger partial charge on any atom is 0.244 e. The highest BCUT2D eigenvalue weighted by Gasteiger charge is 2.26. The van der Waals surface area contributed by atoms with Gasteiger partial charge in [0.2, 0.25) is 5.89 Å². The molecule has 1 atom stereocenters. The molecule has 0 aromatic carbocycles. The summed E-state index contributed by atoms with van der Waals surface area (Å²) in [7, 11) is 0. The van der Waals surface area contributed by atoms with Crippen molar-refractivity contribution in [2.45, 2.75) is 30.9 Å². The van der Waals surface area contributed by atoms with E-state index in [0.29, 0.717) is 11.7 Å². The van der Waals surface area contributed by atoms with Crippen LogP contribution < -0.4 is 0 Å². The average molecular weight is 221 g/mol. The Labute approximate surface area is 87.2 Å². The summed E-state index contributed by atoms with van der Waals surface area (Å²) in [6.07, 6.45) is 2.01. The van der Waals surface area contributed by atoms with Crippen LogP contribution in [0.2, 0.25) is 0 Å². The van der Waals surface area contributed by atoms with E-state index in [1.807, 2.05) is 27.0 Å². The second kappa shape index (κ2) is 3.88. The van der Waals surface area contributed by atoms with Gasteiger partial charge in [0.15, 0.2) is 5.82 Å². The first kappa shape index (κ1) is 10.9. The SMILES string of the molecule is CSC(C)(C)c1noc(C(C)Cl)n1. The Bertz CT molecular complexity index is 285. The minimum atomic E-state index is -0.223. The lowest BCUT2D eigenvalue weighted by atomic mass is 10.2. The highest BCUT2D eigenvalue weighted by atomic mass is 35.5. The topological polar surface area (TPSA) is 38.9 Å². The van der Waals surface area contributed by atoms with Crippen molar-refractivity contribution in [1.29, 1.82) is 0 Å². The van der Waals surface area contributed by atoms with E-state index in [0.717, 1.165) is 0 Å². The number of aromatic nitrogens is 2. The molecule has 0 N–H and O–H groups in total. The molecule has 1 rings (SSSR count). The van der Waals surface area contributed by atoms with Crippen LogP contribution >= 0.6 is 23.4 Å². The van der Waals surface area contributed by atoms with Crippen LogP contribution in [0.5, 0.6) is 0 Å². The monoisotopic (exact) mass is 220 g/mol. The largest absolute Gasteiger partial charge is 0.338 e. The Hall–Kier alpha value is -0.220. The molecule has 1 aromatic heterocycles. The van der Waals surface area contributed by atoms with E-state index in [9.17, 15) is 0 Å². The second-order valence-electron chi connectivity index (χ2n) is 3.29. The Morgan fingerprint density at radius 3 is 2.54 bits per heavy atom. The third-order valence-corrected chi connectivity index (χ3v) is 3.22. The Kier molecular flexibility index (Phi) is 3.24. The van der Waals surface area contributed by atoms with Crippen molar-refractivity contribution in [2.75, 3.05) is 6.26 Å². The van der Waals surface area contributed by atoms with E-state index in [4.69, 9.17) is 16.1 Å². The van der Waals surface area contributed by atoms with Crippen molar-refractivity contribution in [1.82, 2.24) is 10.1 Å². The second-order valence-corrected chi connectivity index (χ2v) is 5.37. The lowest BCUT2D eigenvalue weighted by Crippen LogP contribution is -2.13. The maximum absolute atomic E-state index is 5.81. The standard InChI is InChI=1S/C8H13ClN2OS/c1-5(9)6-10-7(11-12-6)8(2,3)13-4/h5H,1-4H3. The van der Waals surface area contributed by atoms with Gasteiger partial charge in [-0.2, -0.15) is 16.7 Å². The smallest absolute Gasteiger partial charge is 0.244 e. The fourth-order valence-electron chi connectivity index (χ4n) is 0.733. The maximum atomic E-state index is 5.81. The molecule has 5 heteroatoms. The van der Waals surface area contributed by atoms with Gasteiger partial charge in [-0.15, -0.1) is 11.6 Å². The van der Waals surface area contributed by atoms with Gasteiger partial charge in [-0.05, 0) is 27.0 Å². The molecule has 13 heavy (non-hydrogen) atoms. The predicted octanol–water partition coefficient (Wildman–Crippen LogP) is 2.97. The third kappa shape index (κ3) is 2.38. The molecule has 1 unspecified atom stereocenters. The zero-order valence-corrected chi connectivity index (χ0v) is 9.74. The van der Waals surface area contributed by atoms with Crippen LogP contribution in [-0.2, 0) is 4.75 Å². The van der Waals surface area contributed by atoms with Gasteiger partial charge in [0.05, 0.1) is 4.75 Å². The van der Waals surface area contributed by atoms with E-state index in [2.05, 4.69) is 10.1 Å². The molecule has 74 valence electrons. The van der Waals surface area contributed by atoms with E-state index < -0.39 is 0 Å². The van der Waals surface area contributed by atoms with Crippen molar-refractivity contribution in [3.05, 3.63) is 11.7 Å². The molecular weight excluding hydrogens is 208 g/mol. The van der Waals surface area contributed by atoms with Crippen LogP contribution in [0.15, 0.2) is 4.52 Å². The molecule has 0 radical (unpaired) electrons. The molecule has 3 nitrogen and oxygen atoms in total. The van der Waals surface area contributed by atoms with Gasteiger partial charge < -0.3 is 4.52 Å². The number of rotatable bonds is 3. The molecule has 0 saturated carbocycles. The lowest BCUT2D eigenvalue weighted by Gasteiger charge is -2.15. The average Bonchev–Trinajstić information content (AvgIpc) is 2.52. The molecule has 0 bridgehead atoms. The molecule has 0 aliphatic rings. The minimum Gasteiger partial charge on any atom is -0.338 e. The molecule has 1 heterocycles. The quantitative estimate of drug-likeness (QED) is 0.735. The van der Waals surface area contributed by atoms with Crippen molar-refractivity contribution in [3.63, 3.8) is 0 Å². The molecule has 1 aromatic rings. The normalized spacial score (nSPS) is 14.5. The predicted molar refractivity (Wildman–Crippen MR) is 55.1 cm³/mol. The number of hydrogen-bond donors (Lipinski definition) is 0. The van der Waals surface area contributed by atoms with Gasteiger partial charge in [0.1, 0.15) is 5.38 Å². The Morgan fingerprint density at radius 2 is 2.15 bits per heavy atom. The fraction of sp³-hybridized carbons (Fsp3) is 0.750. The first-order valence-electron chi connectivity index (χ1n) is 4.00. The van der Waals surface area contributed by atoms with E-state index >= 15 is 0 Å². The molecular formula is C8H13ClN2OS. The van der Waals surface area contributed by atoms with Gasteiger partial charge in [-0.25, -0.2) is 0 Å². The summed E-state index contributed by atoms with van der Waals surface area (Å²) in [5, 5.41) is 3.67. The Morgan fingerprint density at radius 1 is 1.54 bits per heavy atom. The van der Waals surface area contributed by atoms with Crippen LogP contribution in [0.1, 0.15) is 37.9 Å². The van der Waals surface area contributed by atoms with E-state index in [-0.39, 0.29) is 10.1 Å². The first-order chi connectivity index (χ1) is 5.97. The van der Waals surface area contributed by atoms with Crippen molar-refractivity contribution >= 4 is 23.4 Å². The molecule has 0 aliphatic heterocycles. The van der Waals surface area contributed by atoms with E-state index in [1.165, 1.54) is 0 Å². The zero-order valence-electron chi connectivity index (χ0n) is 8.17. The van der Waals surface area contributed by atoms with Crippen molar-refractivity contribution < 1.29 is 4.52 Å². The van der Waals surface area contributed by atoms with Crippen LogP contribution in [0.3, 0.4) is 0 Å². The number of hydrogen-bond acceptors (Lipinski definition) is 4. The van der Waals surface area contributed by atoms with Crippen LogP contribution in [-0.4, -0.2) is 16.4 Å². The molecule has 0 amide bonds. The summed E-state index contributed by atoms with van der Waals surface area (Å²) >= 11 is 7.48. The summed E-state index contributed by atoms with van der Waals surface area (Å²) in [6.45, 7) is 5.90. The third-order valence-electron chi connectivity index (χ3n) is 1.83. The highest BCUT2D eigenvalue weighted by molar-refractivity contribution is 7.99. The highest BCUT2D eigenvalue weighted by Crippen LogP contribution is 2.32. The van der Waals surface area contributed by atoms with Crippen LogP contribution in [0.25, 0.3) is 0 Å². The molecule has 0 saturated heterocycles. The van der Waals surface area contributed by atoms with Gasteiger partial charge in [-0.1, -0.05) is 5.16 Å². The molecule has 0 aliphatic carbocycles. The summed E-state index contributed by atoms with van der Waals surface area (Å²) in [6, 6.07) is 0. The summed E-state index contributed by atoms with van der Waals surface area (Å²) in [5.74, 6) is 1.18. The van der Waals surface area contributed by atoms with Crippen LogP contribution in [0, 0.1) is 0 Å². The lowest BCUT2D eigenvalue weighted by molar-refractivity contribution is 0.370. The fourth-order valence-corrected chi connectivity index (χ4v) is 1.09. The van der Waals surface area contributed by atoms with Gasteiger partial charge in [0, 0.05) is 0 Å². The number of thioether (sulfide) groups is 1. The van der Waals surface area contributed by atoms with Gasteiger partial charge in [-0.3, -0.25) is 0 Å². The summed E-state index contributed by atoms with van der Waals surface area (Å²) in [5.41, 5.74) is 0.